The molecule has 1 amide bonds. The summed E-state index contributed by atoms with van der Waals surface area (Å²) < 4.78 is 12.3. The van der Waals surface area contributed by atoms with Gasteiger partial charge in [0, 0.05) is 43.3 Å². The van der Waals surface area contributed by atoms with E-state index in [1.165, 1.54) is 7.11 Å². The number of fused-ring (bicyclic) bond motifs is 1. The smallest absolute Gasteiger partial charge is 0.326 e. The van der Waals surface area contributed by atoms with Crippen LogP contribution in [0.5, 0.6) is 5.75 Å². The van der Waals surface area contributed by atoms with Crippen molar-refractivity contribution in [3.8, 4) is 5.75 Å². The number of carboxylic acids is 1. The molecule has 1 aromatic heterocycles. The molecule has 0 radical (unpaired) electrons. The predicted molar refractivity (Wildman–Crippen MR) is 98.9 cm³/mol. The fraction of sp³-hybridized carbons (Fsp3) is 0.474. The summed E-state index contributed by atoms with van der Waals surface area (Å²) in [7, 11) is 3.07. The summed E-state index contributed by atoms with van der Waals surface area (Å²) in [4.78, 5) is 24.3. The molecule has 1 unspecified atom stereocenters. The lowest BCUT2D eigenvalue weighted by Gasteiger charge is -2.14. The van der Waals surface area contributed by atoms with Gasteiger partial charge in [0.1, 0.15) is 11.8 Å². The number of aliphatic carboxylic acids is 1. The molecule has 0 spiro atoms. The highest BCUT2D eigenvalue weighted by Crippen LogP contribution is 2.29. The maximum Gasteiger partial charge on any atom is 0.326 e. The van der Waals surface area contributed by atoms with E-state index >= 15 is 0 Å². The normalized spacial score (nSPS) is 12.2. The van der Waals surface area contributed by atoms with Crippen molar-refractivity contribution in [1.29, 1.82) is 0 Å². The Morgan fingerprint density at radius 3 is 2.62 bits per heavy atom. The second-order valence-electron chi connectivity index (χ2n) is 6.14. The van der Waals surface area contributed by atoms with Gasteiger partial charge in [0.05, 0.1) is 12.7 Å². The Morgan fingerprint density at radius 2 is 2.04 bits per heavy atom. The van der Waals surface area contributed by atoms with Gasteiger partial charge in [-0.25, -0.2) is 4.79 Å². The number of carbonyl (C=O) groups is 2. The van der Waals surface area contributed by atoms with E-state index in [2.05, 4.69) is 16.8 Å². The molecule has 7 nitrogen and oxygen atoms in total. The zero-order valence-corrected chi connectivity index (χ0v) is 15.7. The van der Waals surface area contributed by atoms with Gasteiger partial charge in [0.15, 0.2) is 0 Å². The number of ether oxygens (including phenoxy) is 2. The molecular formula is C19H26N2O5. The maximum absolute atomic E-state index is 12.9. The van der Waals surface area contributed by atoms with E-state index in [9.17, 15) is 14.7 Å². The van der Waals surface area contributed by atoms with Gasteiger partial charge in [-0.2, -0.15) is 0 Å². The van der Waals surface area contributed by atoms with Gasteiger partial charge in [-0.05, 0) is 31.5 Å². The van der Waals surface area contributed by atoms with Gasteiger partial charge < -0.3 is 24.5 Å². The van der Waals surface area contributed by atoms with Crippen molar-refractivity contribution in [3.63, 3.8) is 0 Å². The molecular weight excluding hydrogens is 336 g/mol. The SMILES string of the molecule is CCCn1c(C)c(C(=O)NC(CCOC)C(=O)O)c2cc(OC)ccc21. The van der Waals surface area contributed by atoms with Crippen LogP contribution in [-0.2, 0) is 16.1 Å². The van der Waals surface area contributed by atoms with Crippen LogP contribution in [0.2, 0.25) is 0 Å². The molecule has 26 heavy (non-hydrogen) atoms. The number of nitrogens with one attached hydrogen (secondary N) is 1. The van der Waals surface area contributed by atoms with E-state index in [0.29, 0.717) is 11.3 Å². The predicted octanol–water partition coefficient (Wildman–Crippen LogP) is 2.59. The first-order valence-corrected chi connectivity index (χ1v) is 8.64. The number of carbonyl (C=O) groups excluding carboxylic acids is 1. The molecule has 2 aromatic rings. The molecule has 0 saturated carbocycles. The van der Waals surface area contributed by atoms with Crippen molar-refractivity contribution < 1.29 is 24.2 Å². The first-order valence-electron chi connectivity index (χ1n) is 8.64. The monoisotopic (exact) mass is 362 g/mol. The van der Waals surface area contributed by atoms with Crippen LogP contribution in [0.15, 0.2) is 18.2 Å². The van der Waals surface area contributed by atoms with Gasteiger partial charge >= 0.3 is 5.97 Å². The number of hydrogen-bond donors (Lipinski definition) is 2. The van der Waals surface area contributed by atoms with Crippen molar-refractivity contribution in [2.75, 3.05) is 20.8 Å². The van der Waals surface area contributed by atoms with Gasteiger partial charge in [0.25, 0.3) is 5.91 Å². The van der Waals surface area contributed by atoms with E-state index < -0.39 is 17.9 Å². The number of benzene rings is 1. The largest absolute Gasteiger partial charge is 0.497 e. The standard InChI is InChI=1S/C19H26N2O5/c1-5-9-21-12(2)17(14-11-13(26-4)6-7-16(14)21)18(22)20-15(19(23)24)8-10-25-3/h6-7,11,15H,5,8-10H2,1-4H3,(H,20,22)(H,23,24). The first kappa shape index (κ1) is 19.8. The van der Waals surface area contributed by atoms with E-state index in [1.54, 1.807) is 7.11 Å². The van der Waals surface area contributed by atoms with Crippen LogP contribution in [0.4, 0.5) is 0 Å². The Labute approximate surface area is 152 Å². The van der Waals surface area contributed by atoms with Crippen molar-refractivity contribution in [2.24, 2.45) is 0 Å². The van der Waals surface area contributed by atoms with Crippen molar-refractivity contribution in [1.82, 2.24) is 9.88 Å². The van der Waals surface area contributed by atoms with E-state index in [0.717, 1.165) is 29.6 Å². The Balaban J connectivity index is 2.47. The van der Waals surface area contributed by atoms with Crippen molar-refractivity contribution in [3.05, 3.63) is 29.5 Å². The van der Waals surface area contributed by atoms with Crippen LogP contribution in [0.3, 0.4) is 0 Å². The van der Waals surface area contributed by atoms with Crippen molar-refractivity contribution >= 4 is 22.8 Å². The quantitative estimate of drug-likeness (QED) is 0.716. The highest BCUT2D eigenvalue weighted by molar-refractivity contribution is 6.09. The lowest BCUT2D eigenvalue weighted by molar-refractivity contribution is -0.139. The van der Waals surface area contributed by atoms with Gasteiger partial charge in [0.2, 0.25) is 0 Å². The van der Waals surface area contributed by atoms with Crippen LogP contribution < -0.4 is 10.1 Å². The molecule has 0 aliphatic rings. The summed E-state index contributed by atoms with van der Waals surface area (Å²) in [5.74, 6) is -0.837. The highest BCUT2D eigenvalue weighted by atomic mass is 16.5. The van der Waals surface area contributed by atoms with Crippen LogP contribution in [-0.4, -0.2) is 48.4 Å². The lowest BCUT2D eigenvalue weighted by atomic mass is 10.1. The van der Waals surface area contributed by atoms with Gasteiger partial charge in [-0.1, -0.05) is 6.92 Å². The summed E-state index contributed by atoms with van der Waals surface area (Å²) >= 11 is 0. The van der Waals surface area contributed by atoms with Gasteiger partial charge in [-0.3, -0.25) is 4.79 Å². The van der Waals surface area contributed by atoms with Crippen LogP contribution in [0.25, 0.3) is 10.9 Å². The molecule has 142 valence electrons. The van der Waals surface area contributed by atoms with Crippen LogP contribution in [0, 0.1) is 6.92 Å². The van der Waals surface area contributed by atoms with E-state index in [4.69, 9.17) is 9.47 Å². The molecule has 1 heterocycles. The Kier molecular flexibility index (Phi) is 6.63. The Bertz CT molecular complexity index is 797. The average Bonchev–Trinajstić information content (AvgIpc) is 2.89. The minimum absolute atomic E-state index is 0.202. The third-order valence-electron chi connectivity index (χ3n) is 4.42. The first-order chi connectivity index (χ1) is 12.4. The zero-order valence-electron chi connectivity index (χ0n) is 15.7. The number of amides is 1. The second-order valence-corrected chi connectivity index (χ2v) is 6.14. The molecule has 0 saturated heterocycles. The lowest BCUT2D eigenvalue weighted by Crippen LogP contribution is -2.41. The summed E-state index contributed by atoms with van der Waals surface area (Å²) in [6.45, 7) is 4.97. The Morgan fingerprint density at radius 1 is 1.31 bits per heavy atom. The Hall–Kier alpha value is -2.54. The molecule has 1 aromatic carbocycles. The number of methoxy groups -OCH3 is 2. The second kappa shape index (κ2) is 8.71. The van der Waals surface area contributed by atoms with E-state index in [1.807, 2.05) is 25.1 Å². The number of aryl methyl sites for hydroxylation is 1. The molecule has 1 atom stereocenters. The fourth-order valence-corrected chi connectivity index (χ4v) is 3.11. The fourth-order valence-electron chi connectivity index (χ4n) is 3.11. The van der Waals surface area contributed by atoms with Gasteiger partial charge in [-0.15, -0.1) is 0 Å². The van der Waals surface area contributed by atoms with Crippen LogP contribution >= 0.6 is 0 Å². The maximum atomic E-state index is 12.9. The minimum Gasteiger partial charge on any atom is -0.497 e. The number of hydrogen-bond acceptors (Lipinski definition) is 4. The average molecular weight is 362 g/mol. The van der Waals surface area contributed by atoms with Crippen LogP contribution in [0.1, 0.15) is 35.8 Å². The van der Waals surface area contributed by atoms with E-state index in [-0.39, 0.29) is 13.0 Å². The molecule has 0 fully saturated rings. The summed E-state index contributed by atoms with van der Waals surface area (Å²) in [5, 5.41) is 12.7. The zero-order chi connectivity index (χ0) is 19.3. The number of aromatic nitrogens is 1. The molecule has 0 aliphatic heterocycles. The third kappa shape index (κ3) is 3.99. The number of carboxylic acid groups (broad SMARTS) is 1. The minimum atomic E-state index is -1.08. The third-order valence-corrected chi connectivity index (χ3v) is 4.42. The molecule has 2 rings (SSSR count). The number of nitrogens with zero attached hydrogens (tertiary/aromatic N) is 1. The highest BCUT2D eigenvalue weighted by Gasteiger charge is 2.25. The number of rotatable bonds is 9. The molecule has 2 N–H and O–H groups in total. The summed E-state index contributed by atoms with van der Waals surface area (Å²) in [6, 6.07) is 4.59. The molecule has 0 aliphatic carbocycles. The van der Waals surface area contributed by atoms with Crippen molar-refractivity contribution in [2.45, 2.75) is 39.3 Å². The summed E-state index contributed by atoms with van der Waals surface area (Å²) in [5.41, 5.74) is 2.22. The molecule has 7 heteroatoms. The topological polar surface area (TPSA) is 89.8 Å². The summed E-state index contributed by atoms with van der Waals surface area (Å²) in [6.07, 6.45) is 1.12. The molecule has 0 bridgehead atoms.